The number of amides is 1. The molecule has 1 aliphatic heterocycles. The van der Waals surface area contributed by atoms with Gasteiger partial charge in [0.15, 0.2) is 0 Å². The molecule has 3 rings (SSSR count). The van der Waals surface area contributed by atoms with Crippen molar-refractivity contribution in [2.24, 2.45) is 5.73 Å². The number of carbonyl (C=O) groups excluding carboxylic acids is 1. The summed E-state index contributed by atoms with van der Waals surface area (Å²) in [5.74, 6) is -0.0100. The zero-order valence-corrected chi connectivity index (χ0v) is 16.0. The lowest BCUT2D eigenvalue weighted by Gasteiger charge is -2.17. The summed E-state index contributed by atoms with van der Waals surface area (Å²) in [6.07, 6.45) is 3.78. The van der Waals surface area contributed by atoms with E-state index in [2.05, 4.69) is 40.1 Å². The van der Waals surface area contributed by atoms with Crippen LogP contribution in [0.15, 0.2) is 35.7 Å². The molecule has 2 aromatic rings. The highest BCUT2D eigenvalue weighted by Gasteiger charge is 2.24. The van der Waals surface area contributed by atoms with E-state index in [-0.39, 0.29) is 5.91 Å². The van der Waals surface area contributed by atoms with Crippen molar-refractivity contribution in [1.82, 2.24) is 20.7 Å². The Balaban J connectivity index is 1.41. The van der Waals surface area contributed by atoms with Gasteiger partial charge in [-0.05, 0) is 31.4 Å². The molecule has 1 saturated heterocycles. The van der Waals surface area contributed by atoms with E-state index in [0.717, 1.165) is 37.2 Å². The predicted octanol–water partition coefficient (Wildman–Crippen LogP) is 2.10. The molecule has 7 heteroatoms. The van der Waals surface area contributed by atoms with Gasteiger partial charge in [0.05, 0.1) is 5.01 Å². The number of nitrogens with zero attached hydrogens (tertiary/aromatic N) is 2. The fourth-order valence-electron chi connectivity index (χ4n) is 3.23. The Bertz CT molecular complexity index is 705. The molecule has 1 aliphatic rings. The lowest BCUT2D eigenvalue weighted by Crippen LogP contribution is -2.32. The summed E-state index contributed by atoms with van der Waals surface area (Å²) >= 11 is 1.51. The number of hydrazine groups is 1. The normalized spacial score (nSPS) is 19.6. The first-order valence-electron chi connectivity index (χ1n) is 9.13. The van der Waals surface area contributed by atoms with Gasteiger partial charge in [0.25, 0.3) is 5.91 Å². The number of carbonyl (C=O) groups is 1. The van der Waals surface area contributed by atoms with E-state index >= 15 is 0 Å². The molecule has 4 N–H and O–H groups in total. The summed E-state index contributed by atoms with van der Waals surface area (Å²) in [4.78, 5) is 18.6. The molecule has 140 valence electrons. The third-order valence-corrected chi connectivity index (χ3v) is 5.61. The van der Waals surface area contributed by atoms with Gasteiger partial charge in [-0.2, -0.15) is 0 Å². The number of aromatic nitrogens is 1. The Morgan fingerprint density at radius 2 is 2.15 bits per heavy atom. The quantitative estimate of drug-likeness (QED) is 0.660. The van der Waals surface area contributed by atoms with Gasteiger partial charge in [-0.25, -0.2) is 4.98 Å². The van der Waals surface area contributed by atoms with Crippen molar-refractivity contribution >= 4 is 17.2 Å². The molecule has 0 saturated carbocycles. The van der Waals surface area contributed by atoms with E-state index in [4.69, 9.17) is 5.73 Å². The lowest BCUT2D eigenvalue weighted by atomic mass is 10.00. The van der Waals surface area contributed by atoms with Gasteiger partial charge in [0.2, 0.25) is 0 Å². The molecule has 6 nitrogen and oxygen atoms in total. The van der Waals surface area contributed by atoms with Crippen LogP contribution in [0, 0.1) is 0 Å². The second kappa shape index (κ2) is 9.23. The van der Waals surface area contributed by atoms with Crippen molar-refractivity contribution in [3.05, 3.63) is 52.0 Å². The van der Waals surface area contributed by atoms with Crippen LogP contribution >= 0.6 is 11.3 Å². The number of rotatable bonds is 8. The van der Waals surface area contributed by atoms with Gasteiger partial charge < -0.3 is 10.6 Å². The summed E-state index contributed by atoms with van der Waals surface area (Å²) in [6, 6.07) is 11.3. The molecule has 0 aliphatic carbocycles. The van der Waals surface area contributed by atoms with Crippen LogP contribution in [0.3, 0.4) is 0 Å². The minimum absolute atomic E-state index is 0.0100. The monoisotopic (exact) mass is 373 g/mol. The third kappa shape index (κ3) is 4.88. The van der Waals surface area contributed by atoms with Gasteiger partial charge in [0.1, 0.15) is 5.69 Å². The van der Waals surface area contributed by atoms with Gasteiger partial charge in [-0.1, -0.05) is 30.3 Å². The fraction of sp³-hybridized carbons (Fsp3) is 0.474. The zero-order valence-electron chi connectivity index (χ0n) is 15.1. The van der Waals surface area contributed by atoms with Crippen LogP contribution in [0.25, 0.3) is 0 Å². The van der Waals surface area contributed by atoms with Gasteiger partial charge in [0, 0.05) is 37.5 Å². The minimum atomic E-state index is -0.0100. The highest BCUT2D eigenvalue weighted by atomic mass is 32.1. The van der Waals surface area contributed by atoms with Crippen LogP contribution in [0.5, 0.6) is 0 Å². The maximum absolute atomic E-state index is 12.4. The second-order valence-corrected chi connectivity index (χ2v) is 7.66. The smallest absolute Gasteiger partial charge is 0.273 e. The van der Waals surface area contributed by atoms with Crippen LogP contribution < -0.4 is 16.6 Å². The van der Waals surface area contributed by atoms with Gasteiger partial charge >= 0.3 is 0 Å². The van der Waals surface area contributed by atoms with E-state index in [1.54, 1.807) is 4.90 Å². The van der Waals surface area contributed by atoms with Gasteiger partial charge in [-0.3, -0.25) is 15.6 Å². The largest absolute Gasteiger partial charge is 0.340 e. The van der Waals surface area contributed by atoms with E-state index in [9.17, 15) is 4.79 Å². The summed E-state index contributed by atoms with van der Waals surface area (Å²) in [5, 5.41) is 2.76. The number of nitrogens with one attached hydrogen (secondary N) is 2. The van der Waals surface area contributed by atoms with Crippen molar-refractivity contribution in [2.75, 3.05) is 20.1 Å². The first-order valence-corrected chi connectivity index (χ1v) is 10.0. The number of thiazole rings is 1. The molecule has 1 amide bonds. The first-order chi connectivity index (χ1) is 12.7. The predicted molar refractivity (Wildman–Crippen MR) is 105 cm³/mol. The Kier molecular flexibility index (Phi) is 6.73. The summed E-state index contributed by atoms with van der Waals surface area (Å²) in [6.45, 7) is 1.29. The van der Waals surface area contributed by atoms with Crippen LogP contribution in [0.4, 0.5) is 0 Å². The van der Waals surface area contributed by atoms with Crippen molar-refractivity contribution in [3.63, 3.8) is 0 Å². The molecular weight excluding hydrogens is 346 g/mol. The maximum Gasteiger partial charge on any atom is 0.273 e. The molecule has 26 heavy (non-hydrogen) atoms. The van der Waals surface area contributed by atoms with E-state index < -0.39 is 0 Å². The van der Waals surface area contributed by atoms with Crippen LogP contribution in [0.1, 0.15) is 46.4 Å². The van der Waals surface area contributed by atoms with Crippen molar-refractivity contribution in [3.8, 4) is 0 Å². The topological polar surface area (TPSA) is 83.3 Å². The van der Waals surface area contributed by atoms with E-state index in [1.807, 2.05) is 18.5 Å². The Morgan fingerprint density at radius 3 is 2.92 bits per heavy atom. The number of hydrogen-bond donors (Lipinski definition) is 3. The van der Waals surface area contributed by atoms with Crippen molar-refractivity contribution in [2.45, 2.75) is 37.8 Å². The molecule has 0 radical (unpaired) electrons. The van der Waals surface area contributed by atoms with Crippen LogP contribution in [-0.2, 0) is 6.42 Å². The molecule has 0 spiro atoms. The highest BCUT2D eigenvalue weighted by molar-refractivity contribution is 7.09. The standard InChI is InChI=1S/C19H27N5OS/c1-24(19(25)17-13-26-18(21-17)9-10-20)11-5-8-15-12-16(23-22-15)14-6-3-2-4-7-14/h2-4,6-7,13,15-16,22-23H,5,8-12,20H2,1H3. The number of hydrogen-bond acceptors (Lipinski definition) is 6. The van der Waals surface area contributed by atoms with Crippen molar-refractivity contribution < 1.29 is 4.79 Å². The average Bonchev–Trinajstić information content (AvgIpc) is 3.32. The van der Waals surface area contributed by atoms with Gasteiger partial charge in [-0.15, -0.1) is 11.3 Å². The van der Waals surface area contributed by atoms with E-state index in [0.29, 0.717) is 24.3 Å². The summed E-state index contributed by atoms with van der Waals surface area (Å²) in [5.41, 5.74) is 14.1. The van der Waals surface area contributed by atoms with E-state index in [1.165, 1.54) is 16.9 Å². The third-order valence-electron chi connectivity index (χ3n) is 4.71. The van der Waals surface area contributed by atoms with Crippen LogP contribution in [-0.4, -0.2) is 42.0 Å². The number of benzene rings is 1. The molecule has 1 aromatic carbocycles. The average molecular weight is 374 g/mol. The summed E-state index contributed by atoms with van der Waals surface area (Å²) < 4.78 is 0. The minimum Gasteiger partial charge on any atom is -0.340 e. The number of nitrogens with two attached hydrogens (primary N) is 1. The Morgan fingerprint density at radius 1 is 1.35 bits per heavy atom. The molecule has 2 unspecified atom stereocenters. The molecular formula is C19H27N5OS. The maximum atomic E-state index is 12.4. The van der Waals surface area contributed by atoms with Crippen LogP contribution in [0.2, 0.25) is 0 Å². The molecule has 1 aromatic heterocycles. The highest BCUT2D eigenvalue weighted by Crippen LogP contribution is 2.23. The molecule has 2 heterocycles. The molecule has 2 atom stereocenters. The SMILES string of the molecule is CN(CCCC1CC(c2ccccc2)NN1)C(=O)c1csc(CCN)n1. The van der Waals surface area contributed by atoms with Crippen molar-refractivity contribution in [1.29, 1.82) is 0 Å². The Labute approximate surface area is 158 Å². The fourth-order valence-corrected chi connectivity index (χ4v) is 4.02. The summed E-state index contributed by atoms with van der Waals surface area (Å²) in [7, 11) is 1.84. The second-order valence-electron chi connectivity index (χ2n) is 6.72. The first kappa shape index (κ1) is 19.0. The molecule has 1 fully saturated rings. The zero-order chi connectivity index (χ0) is 18.4. The Hall–Kier alpha value is -1.80. The lowest BCUT2D eigenvalue weighted by molar-refractivity contribution is 0.0786. The molecule has 0 bridgehead atoms.